The van der Waals surface area contributed by atoms with Gasteiger partial charge in [0.1, 0.15) is 6.04 Å². The van der Waals surface area contributed by atoms with Crippen LogP contribution < -0.4 is 5.32 Å². The van der Waals surface area contributed by atoms with Gasteiger partial charge in [-0.25, -0.2) is 0 Å². The fourth-order valence-corrected chi connectivity index (χ4v) is 2.31. The van der Waals surface area contributed by atoms with Gasteiger partial charge in [-0.1, -0.05) is 54.6 Å². The lowest BCUT2D eigenvalue weighted by molar-refractivity contribution is -0.142. The van der Waals surface area contributed by atoms with Gasteiger partial charge < -0.3 is 4.74 Å². The van der Waals surface area contributed by atoms with E-state index >= 15 is 0 Å². The fourth-order valence-electron chi connectivity index (χ4n) is 2.31. The zero-order valence-corrected chi connectivity index (χ0v) is 12.7. The van der Waals surface area contributed by atoms with Crippen molar-refractivity contribution in [1.82, 2.24) is 5.32 Å². The summed E-state index contributed by atoms with van der Waals surface area (Å²) in [6.45, 7) is 3.84. The summed E-state index contributed by atoms with van der Waals surface area (Å²) < 4.78 is 4.72. The summed E-state index contributed by atoms with van der Waals surface area (Å²) in [5, 5.41) is 3.23. The van der Waals surface area contributed by atoms with Crippen molar-refractivity contribution in [3.8, 4) is 11.1 Å². The van der Waals surface area contributed by atoms with E-state index in [9.17, 15) is 4.79 Å². The molecule has 110 valence electrons. The largest absolute Gasteiger partial charge is 0.468 e. The van der Waals surface area contributed by atoms with E-state index in [2.05, 4.69) is 41.7 Å². The van der Waals surface area contributed by atoms with Gasteiger partial charge in [0, 0.05) is 6.04 Å². The van der Waals surface area contributed by atoms with Crippen LogP contribution in [0, 0.1) is 0 Å². The summed E-state index contributed by atoms with van der Waals surface area (Å²) in [5.41, 5.74) is 3.53. The quantitative estimate of drug-likeness (QED) is 0.853. The van der Waals surface area contributed by atoms with Crippen LogP contribution in [0.1, 0.15) is 25.5 Å². The molecule has 2 atom stereocenters. The highest BCUT2D eigenvalue weighted by molar-refractivity contribution is 5.75. The maximum Gasteiger partial charge on any atom is 0.322 e. The Kier molecular flexibility index (Phi) is 5.12. The van der Waals surface area contributed by atoms with Gasteiger partial charge in [0.2, 0.25) is 0 Å². The number of nitrogens with one attached hydrogen (secondary N) is 1. The molecule has 2 unspecified atom stereocenters. The average Bonchev–Trinajstić information content (AvgIpc) is 2.55. The Labute approximate surface area is 126 Å². The van der Waals surface area contributed by atoms with Gasteiger partial charge in [0.25, 0.3) is 0 Å². The predicted octanol–water partition coefficient (Wildman–Crippen LogP) is 3.57. The molecule has 2 aromatic carbocycles. The van der Waals surface area contributed by atoms with Gasteiger partial charge in [-0.05, 0) is 30.5 Å². The molecule has 2 aromatic rings. The number of benzene rings is 2. The van der Waals surface area contributed by atoms with E-state index in [4.69, 9.17) is 4.74 Å². The van der Waals surface area contributed by atoms with E-state index in [1.807, 2.05) is 25.1 Å². The molecule has 0 saturated heterocycles. The Balaban J connectivity index is 2.07. The van der Waals surface area contributed by atoms with Crippen molar-refractivity contribution in [2.24, 2.45) is 0 Å². The van der Waals surface area contributed by atoms with E-state index in [0.717, 1.165) is 5.56 Å². The van der Waals surface area contributed by atoms with Crippen LogP contribution in [-0.2, 0) is 9.53 Å². The van der Waals surface area contributed by atoms with Crippen molar-refractivity contribution in [2.75, 3.05) is 7.11 Å². The summed E-state index contributed by atoms with van der Waals surface area (Å²) in [4.78, 5) is 11.4. The van der Waals surface area contributed by atoms with Crippen molar-refractivity contribution in [2.45, 2.75) is 25.9 Å². The molecule has 0 amide bonds. The molecule has 0 spiro atoms. The molecule has 0 aliphatic carbocycles. The Hall–Kier alpha value is -2.13. The third kappa shape index (κ3) is 3.92. The summed E-state index contributed by atoms with van der Waals surface area (Å²) in [6.07, 6.45) is 0. The number of hydrogen-bond acceptors (Lipinski definition) is 3. The second-order valence-electron chi connectivity index (χ2n) is 5.12. The van der Waals surface area contributed by atoms with E-state index < -0.39 is 0 Å². The summed E-state index contributed by atoms with van der Waals surface area (Å²) in [5.74, 6) is -0.247. The predicted molar refractivity (Wildman–Crippen MR) is 84.9 cm³/mol. The zero-order valence-electron chi connectivity index (χ0n) is 12.7. The van der Waals surface area contributed by atoms with E-state index in [1.54, 1.807) is 6.92 Å². The number of rotatable bonds is 5. The molecular weight excluding hydrogens is 262 g/mol. The number of carbonyl (C=O) groups excluding carboxylic acids is 1. The maximum absolute atomic E-state index is 11.4. The Morgan fingerprint density at radius 3 is 2.10 bits per heavy atom. The van der Waals surface area contributed by atoms with Gasteiger partial charge in [-0.15, -0.1) is 0 Å². The first kappa shape index (κ1) is 15.3. The molecule has 0 fully saturated rings. The number of methoxy groups -OCH3 is 1. The van der Waals surface area contributed by atoms with Crippen LogP contribution in [0.5, 0.6) is 0 Å². The molecule has 3 heteroatoms. The Bertz CT molecular complexity index is 578. The van der Waals surface area contributed by atoms with Crippen LogP contribution in [-0.4, -0.2) is 19.1 Å². The number of hydrogen-bond donors (Lipinski definition) is 1. The Morgan fingerprint density at radius 2 is 1.52 bits per heavy atom. The Morgan fingerprint density at radius 1 is 0.952 bits per heavy atom. The molecule has 0 heterocycles. The molecule has 0 bridgehead atoms. The third-order valence-electron chi connectivity index (χ3n) is 3.57. The summed E-state index contributed by atoms with van der Waals surface area (Å²) in [7, 11) is 1.40. The fraction of sp³-hybridized carbons (Fsp3) is 0.278. The number of carbonyl (C=O) groups is 1. The van der Waals surface area contributed by atoms with Crippen molar-refractivity contribution in [3.63, 3.8) is 0 Å². The lowest BCUT2D eigenvalue weighted by Gasteiger charge is -2.19. The van der Waals surface area contributed by atoms with Crippen molar-refractivity contribution >= 4 is 5.97 Å². The lowest BCUT2D eigenvalue weighted by atomic mass is 10.0. The van der Waals surface area contributed by atoms with Crippen molar-refractivity contribution in [3.05, 3.63) is 60.2 Å². The van der Waals surface area contributed by atoms with Gasteiger partial charge in [0.05, 0.1) is 7.11 Å². The first-order chi connectivity index (χ1) is 10.1. The maximum atomic E-state index is 11.4. The molecule has 0 aromatic heterocycles. The van der Waals surface area contributed by atoms with Gasteiger partial charge in [-0.3, -0.25) is 10.1 Å². The van der Waals surface area contributed by atoms with Crippen LogP contribution >= 0.6 is 0 Å². The monoisotopic (exact) mass is 283 g/mol. The molecule has 0 aliphatic heterocycles. The minimum Gasteiger partial charge on any atom is -0.468 e. The first-order valence-electron chi connectivity index (χ1n) is 7.11. The number of esters is 1. The van der Waals surface area contributed by atoms with Gasteiger partial charge in [0.15, 0.2) is 0 Å². The van der Waals surface area contributed by atoms with Crippen molar-refractivity contribution in [1.29, 1.82) is 0 Å². The summed E-state index contributed by atoms with van der Waals surface area (Å²) >= 11 is 0. The number of ether oxygens (including phenoxy) is 1. The third-order valence-corrected chi connectivity index (χ3v) is 3.57. The standard InChI is InChI=1S/C18H21NO2/c1-13(19-14(2)18(20)21-3)15-9-11-17(12-10-15)16-7-5-4-6-8-16/h4-14,19H,1-3H3. The van der Waals surface area contributed by atoms with Crippen LogP contribution in [0.2, 0.25) is 0 Å². The molecule has 0 saturated carbocycles. The second-order valence-corrected chi connectivity index (χ2v) is 5.12. The smallest absolute Gasteiger partial charge is 0.322 e. The van der Waals surface area contributed by atoms with Crippen LogP contribution in [0.3, 0.4) is 0 Å². The van der Waals surface area contributed by atoms with Gasteiger partial charge in [-0.2, -0.15) is 0 Å². The van der Waals surface area contributed by atoms with Crippen LogP contribution in [0.15, 0.2) is 54.6 Å². The topological polar surface area (TPSA) is 38.3 Å². The highest BCUT2D eigenvalue weighted by Gasteiger charge is 2.16. The average molecular weight is 283 g/mol. The molecule has 21 heavy (non-hydrogen) atoms. The minimum atomic E-state index is -0.321. The lowest BCUT2D eigenvalue weighted by Crippen LogP contribution is -2.36. The van der Waals surface area contributed by atoms with Crippen LogP contribution in [0.4, 0.5) is 0 Å². The highest BCUT2D eigenvalue weighted by Crippen LogP contribution is 2.21. The molecule has 2 rings (SSSR count). The molecule has 0 aliphatic rings. The van der Waals surface area contributed by atoms with E-state index in [0.29, 0.717) is 0 Å². The second kappa shape index (κ2) is 7.04. The molecule has 3 nitrogen and oxygen atoms in total. The highest BCUT2D eigenvalue weighted by atomic mass is 16.5. The van der Waals surface area contributed by atoms with Crippen LogP contribution in [0.25, 0.3) is 11.1 Å². The SMILES string of the molecule is COC(=O)C(C)NC(C)c1ccc(-c2ccccc2)cc1. The van der Waals surface area contributed by atoms with E-state index in [1.165, 1.54) is 18.2 Å². The summed E-state index contributed by atoms with van der Waals surface area (Å²) in [6, 6.07) is 18.4. The first-order valence-corrected chi connectivity index (χ1v) is 7.11. The van der Waals surface area contributed by atoms with Gasteiger partial charge >= 0.3 is 5.97 Å². The zero-order chi connectivity index (χ0) is 15.2. The van der Waals surface area contributed by atoms with Crippen molar-refractivity contribution < 1.29 is 9.53 Å². The molecule has 0 radical (unpaired) electrons. The molecule has 1 N–H and O–H groups in total. The normalized spacial score (nSPS) is 13.5. The minimum absolute atomic E-state index is 0.0870. The van der Waals surface area contributed by atoms with E-state index in [-0.39, 0.29) is 18.1 Å². The molecular formula is C18H21NO2.